The van der Waals surface area contributed by atoms with Crippen molar-refractivity contribution in [2.24, 2.45) is 0 Å². The molecule has 0 unspecified atom stereocenters. The molecule has 0 bridgehead atoms. The summed E-state index contributed by atoms with van der Waals surface area (Å²) in [5, 5.41) is 1.24. The molecule has 0 spiro atoms. The van der Waals surface area contributed by atoms with Crippen LogP contribution >= 0.6 is 11.6 Å². The van der Waals surface area contributed by atoms with Gasteiger partial charge in [0.25, 0.3) is 5.91 Å². The maximum atomic E-state index is 12.2. The number of hydrazine groups is 1. The average molecular weight is 415 g/mol. The fourth-order valence-corrected chi connectivity index (χ4v) is 2.89. The third-order valence-electron chi connectivity index (χ3n) is 4.14. The number of carbonyl (C=O) groups is 2. The van der Waals surface area contributed by atoms with Crippen molar-refractivity contribution in [1.82, 2.24) is 10.9 Å². The Bertz CT molecular complexity index is 1110. The van der Waals surface area contributed by atoms with Crippen molar-refractivity contribution in [3.05, 3.63) is 75.1 Å². The molecule has 0 saturated heterocycles. The zero-order valence-corrected chi connectivity index (χ0v) is 16.4. The molecule has 2 aromatic carbocycles. The quantitative estimate of drug-likeness (QED) is 0.366. The van der Waals surface area contributed by atoms with E-state index in [1.807, 2.05) is 6.92 Å². The number of carbonyl (C=O) groups excluding carboxylic acids is 2. The summed E-state index contributed by atoms with van der Waals surface area (Å²) in [4.78, 5) is 36.0. The van der Waals surface area contributed by atoms with Crippen LogP contribution in [0.3, 0.4) is 0 Å². The number of fused-ring (bicyclic) bond motifs is 1. The first-order chi connectivity index (χ1) is 13.9. The van der Waals surface area contributed by atoms with E-state index >= 15 is 0 Å². The van der Waals surface area contributed by atoms with Crippen molar-refractivity contribution in [3.8, 4) is 5.75 Å². The highest BCUT2D eigenvalue weighted by atomic mass is 35.5. The van der Waals surface area contributed by atoms with Gasteiger partial charge in [0.05, 0.1) is 6.61 Å². The topological polar surface area (TPSA) is 97.6 Å². The van der Waals surface area contributed by atoms with Crippen LogP contribution in [0, 0.1) is 6.92 Å². The van der Waals surface area contributed by atoms with E-state index in [4.69, 9.17) is 20.8 Å². The number of halogens is 1. The highest BCUT2D eigenvalue weighted by molar-refractivity contribution is 6.30. The molecule has 0 aliphatic heterocycles. The van der Waals surface area contributed by atoms with Crippen molar-refractivity contribution >= 4 is 34.4 Å². The van der Waals surface area contributed by atoms with Gasteiger partial charge in [-0.1, -0.05) is 29.8 Å². The highest BCUT2D eigenvalue weighted by Crippen LogP contribution is 2.21. The van der Waals surface area contributed by atoms with Crippen LogP contribution in [0.25, 0.3) is 11.0 Å². The summed E-state index contributed by atoms with van der Waals surface area (Å²) in [6.07, 6.45) is 0.584. The van der Waals surface area contributed by atoms with Gasteiger partial charge in [-0.3, -0.25) is 20.4 Å². The second-order valence-corrected chi connectivity index (χ2v) is 6.79. The SMILES string of the molecule is Cc1cc(Cl)ccc1OCCCC(=O)NNC(=O)c1cc2ccccc2oc1=O. The largest absolute Gasteiger partial charge is 0.493 e. The lowest BCUT2D eigenvalue weighted by molar-refractivity contribution is -0.122. The van der Waals surface area contributed by atoms with E-state index in [-0.39, 0.29) is 12.0 Å². The standard InChI is InChI=1S/C21H19ClN2O5/c1-13-11-15(22)8-9-17(13)28-10-4-7-19(25)23-24-20(26)16-12-14-5-2-3-6-18(14)29-21(16)27/h2-3,5-6,8-9,11-12H,4,7,10H2,1H3,(H,23,25)(H,24,26). The number of ether oxygens (including phenoxy) is 1. The van der Waals surface area contributed by atoms with E-state index in [0.29, 0.717) is 34.8 Å². The molecular weight excluding hydrogens is 396 g/mol. The van der Waals surface area contributed by atoms with Gasteiger partial charge < -0.3 is 9.15 Å². The minimum atomic E-state index is -0.776. The van der Waals surface area contributed by atoms with E-state index in [1.54, 1.807) is 42.5 Å². The predicted octanol–water partition coefficient (Wildman–Crippen LogP) is 3.38. The Morgan fingerprint density at radius 2 is 1.90 bits per heavy atom. The van der Waals surface area contributed by atoms with Crippen LogP contribution in [0.2, 0.25) is 5.02 Å². The van der Waals surface area contributed by atoms with Crippen molar-refractivity contribution < 1.29 is 18.7 Å². The normalized spacial score (nSPS) is 10.6. The molecule has 3 rings (SSSR count). The van der Waals surface area contributed by atoms with Crippen molar-refractivity contribution in [2.75, 3.05) is 6.61 Å². The average Bonchev–Trinajstić information content (AvgIpc) is 2.70. The number of amides is 2. The molecule has 3 aromatic rings. The summed E-state index contributed by atoms with van der Waals surface area (Å²) < 4.78 is 10.7. The van der Waals surface area contributed by atoms with Gasteiger partial charge in [0.15, 0.2) is 0 Å². The smallest absolute Gasteiger partial charge is 0.349 e. The number of para-hydroxylation sites is 1. The number of aryl methyl sites for hydroxylation is 1. The molecule has 0 atom stereocenters. The molecule has 8 heteroatoms. The third-order valence-corrected chi connectivity index (χ3v) is 4.38. The summed E-state index contributed by atoms with van der Waals surface area (Å²) in [5.74, 6) is -0.447. The lowest BCUT2D eigenvalue weighted by Crippen LogP contribution is -2.43. The summed E-state index contributed by atoms with van der Waals surface area (Å²) in [6, 6.07) is 13.6. The number of nitrogens with one attached hydrogen (secondary N) is 2. The molecule has 0 radical (unpaired) electrons. The molecule has 150 valence electrons. The molecule has 0 saturated carbocycles. The molecule has 1 heterocycles. The van der Waals surface area contributed by atoms with Crippen molar-refractivity contribution in [2.45, 2.75) is 19.8 Å². The first kappa shape index (κ1) is 20.4. The second-order valence-electron chi connectivity index (χ2n) is 6.35. The summed E-state index contributed by atoms with van der Waals surface area (Å²) in [6.45, 7) is 2.21. The van der Waals surface area contributed by atoms with Gasteiger partial charge >= 0.3 is 5.63 Å². The molecule has 0 fully saturated rings. The molecule has 1 aromatic heterocycles. The molecule has 7 nitrogen and oxygen atoms in total. The summed E-state index contributed by atoms with van der Waals surface area (Å²) in [7, 11) is 0. The predicted molar refractivity (Wildman–Crippen MR) is 109 cm³/mol. The zero-order chi connectivity index (χ0) is 20.8. The molecule has 0 aliphatic rings. The van der Waals surface area contributed by atoms with E-state index in [2.05, 4.69) is 10.9 Å². The number of benzene rings is 2. The van der Waals surface area contributed by atoms with Gasteiger partial charge in [-0.25, -0.2) is 4.79 Å². The van der Waals surface area contributed by atoms with Crippen molar-refractivity contribution in [1.29, 1.82) is 0 Å². The van der Waals surface area contributed by atoms with E-state index in [0.717, 1.165) is 5.56 Å². The lowest BCUT2D eigenvalue weighted by Gasteiger charge is -2.10. The minimum Gasteiger partial charge on any atom is -0.493 e. The first-order valence-electron chi connectivity index (χ1n) is 8.95. The zero-order valence-electron chi connectivity index (χ0n) is 15.7. The number of hydrogen-bond donors (Lipinski definition) is 2. The van der Waals surface area contributed by atoms with Gasteiger partial charge in [0.1, 0.15) is 16.9 Å². The van der Waals surface area contributed by atoms with Crippen LogP contribution in [0.15, 0.2) is 57.7 Å². The Morgan fingerprint density at radius 3 is 2.69 bits per heavy atom. The van der Waals surface area contributed by atoms with Gasteiger partial charge in [-0.2, -0.15) is 0 Å². The van der Waals surface area contributed by atoms with Crippen LogP contribution in [-0.2, 0) is 4.79 Å². The molecule has 0 aliphatic carbocycles. The fraction of sp³-hybridized carbons (Fsp3) is 0.190. The van der Waals surface area contributed by atoms with E-state index in [1.165, 1.54) is 6.07 Å². The maximum Gasteiger partial charge on any atom is 0.349 e. The van der Waals surface area contributed by atoms with Gasteiger partial charge in [-0.15, -0.1) is 0 Å². The minimum absolute atomic E-state index is 0.138. The molecule has 2 amide bonds. The first-order valence-corrected chi connectivity index (χ1v) is 9.33. The second kappa shape index (κ2) is 9.25. The third kappa shape index (κ3) is 5.36. The molecular formula is C21H19ClN2O5. The Hall–Kier alpha value is -3.32. The monoisotopic (exact) mass is 414 g/mol. The number of hydrogen-bond acceptors (Lipinski definition) is 5. The lowest BCUT2D eigenvalue weighted by atomic mass is 10.2. The Balaban J connectivity index is 1.46. The Labute approximate surface area is 171 Å². The van der Waals surface area contributed by atoms with Gasteiger partial charge in [0.2, 0.25) is 5.91 Å². The van der Waals surface area contributed by atoms with Crippen LogP contribution in [-0.4, -0.2) is 18.4 Å². The van der Waals surface area contributed by atoms with E-state index in [9.17, 15) is 14.4 Å². The van der Waals surface area contributed by atoms with Crippen LogP contribution in [0.1, 0.15) is 28.8 Å². The Kier molecular flexibility index (Phi) is 6.51. The maximum absolute atomic E-state index is 12.2. The molecule has 29 heavy (non-hydrogen) atoms. The van der Waals surface area contributed by atoms with Gasteiger partial charge in [-0.05, 0) is 49.2 Å². The number of rotatable bonds is 6. The van der Waals surface area contributed by atoms with Crippen LogP contribution in [0.4, 0.5) is 0 Å². The van der Waals surface area contributed by atoms with Gasteiger partial charge in [0, 0.05) is 16.8 Å². The van der Waals surface area contributed by atoms with Crippen LogP contribution < -0.4 is 21.2 Å². The highest BCUT2D eigenvalue weighted by Gasteiger charge is 2.14. The summed E-state index contributed by atoms with van der Waals surface area (Å²) in [5.41, 5.74) is 4.83. The van der Waals surface area contributed by atoms with Crippen LogP contribution in [0.5, 0.6) is 5.75 Å². The molecule has 2 N–H and O–H groups in total. The Morgan fingerprint density at radius 1 is 1.10 bits per heavy atom. The van der Waals surface area contributed by atoms with Crippen molar-refractivity contribution in [3.63, 3.8) is 0 Å². The summed E-state index contributed by atoms with van der Waals surface area (Å²) >= 11 is 5.89. The fourth-order valence-electron chi connectivity index (χ4n) is 2.67. The van der Waals surface area contributed by atoms with E-state index < -0.39 is 17.4 Å².